The zero-order valence-electron chi connectivity index (χ0n) is 21.5. The number of aromatic nitrogens is 4. The number of Topliss-reactive ketones (excluding diaryl/α,β-unsaturated/α-hetero) is 1. The van der Waals surface area contributed by atoms with Crippen LogP contribution in [0.15, 0.2) is 69.9 Å². The Morgan fingerprint density at radius 3 is 2.22 bits per heavy atom. The van der Waals surface area contributed by atoms with Crippen LogP contribution < -0.4 is 5.56 Å². The van der Waals surface area contributed by atoms with Crippen molar-refractivity contribution in [1.29, 1.82) is 0 Å². The summed E-state index contributed by atoms with van der Waals surface area (Å²) in [6, 6.07) is 14.0. The maximum Gasteiger partial charge on any atom is 0.416 e. The van der Waals surface area contributed by atoms with Crippen molar-refractivity contribution in [2.24, 2.45) is 0 Å². The first kappa shape index (κ1) is 29.7. The highest BCUT2D eigenvalue weighted by Crippen LogP contribution is 2.30. The predicted octanol–water partition coefficient (Wildman–Crippen LogP) is 6.46. The van der Waals surface area contributed by atoms with Gasteiger partial charge < -0.3 is 4.42 Å². The molecule has 216 valence electrons. The number of aryl methyl sites for hydroxylation is 2. The van der Waals surface area contributed by atoms with Crippen LogP contribution in [-0.4, -0.2) is 31.7 Å². The first-order chi connectivity index (χ1) is 19.4. The van der Waals surface area contributed by atoms with Gasteiger partial charge in [-0.05, 0) is 37.1 Å². The van der Waals surface area contributed by atoms with Gasteiger partial charge >= 0.3 is 12.4 Å². The minimum absolute atomic E-state index is 0.0000427. The van der Waals surface area contributed by atoms with E-state index in [1.54, 1.807) is 0 Å². The van der Waals surface area contributed by atoms with E-state index in [-0.39, 0.29) is 42.1 Å². The molecule has 0 spiro atoms. The van der Waals surface area contributed by atoms with E-state index >= 15 is 0 Å². The van der Waals surface area contributed by atoms with Crippen LogP contribution >= 0.6 is 0 Å². The molecule has 7 nitrogen and oxygen atoms in total. The molecule has 0 atom stereocenters. The molecule has 2 aromatic carbocycles. The third-order valence-electron chi connectivity index (χ3n) is 6.12. The number of hydrogen-bond donors (Lipinski definition) is 0. The van der Waals surface area contributed by atoms with Gasteiger partial charge in [0.2, 0.25) is 11.8 Å². The monoisotopic (exact) mass is 578 g/mol. The summed E-state index contributed by atoms with van der Waals surface area (Å²) in [5, 5.41) is 7.94. The number of carbonyl (C=O) groups is 1. The summed E-state index contributed by atoms with van der Waals surface area (Å²) in [6.07, 6.45) is -10.1. The van der Waals surface area contributed by atoms with Crippen LogP contribution in [0, 0.1) is 0 Å². The van der Waals surface area contributed by atoms with Crippen LogP contribution in [0.2, 0.25) is 0 Å². The minimum atomic E-state index is -4.56. The lowest BCUT2D eigenvalue weighted by Gasteiger charge is -2.14. The zero-order chi connectivity index (χ0) is 29.6. The Kier molecular flexibility index (Phi) is 9.04. The van der Waals surface area contributed by atoms with Crippen LogP contribution in [0.1, 0.15) is 43.0 Å². The summed E-state index contributed by atoms with van der Waals surface area (Å²) >= 11 is 0. The van der Waals surface area contributed by atoms with E-state index in [0.29, 0.717) is 24.6 Å². The van der Waals surface area contributed by atoms with Gasteiger partial charge in [0.1, 0.15) is 5.82 Å². The second-order valence-electron chi connectivity index (χ2n) is 9.29. The van der Waals surface area contributed by atoms with E-state index in [0.717, 1.165) is 40.5 Å². The molecule has 0 bridgehead atoms. The van der Waals surface area contributed by atoms with Gasteiger partial charge in [0.15, 0.2) is 5.78 Å². The van der Waals surface area contributed by atoms with Crippen molar-refractivity contribution in [2.45, 2.75) is 57.4 Å². The fourth-order valence-corrected chi connectivity index (χ4v) is 4.08. The summed E-state index contributed by atoms with van der Waals surface area (Å²) in [6.45, 7) is -0.417. The number of carbonyl (C=O) groups excluding carboxylic acids is 1. The quantitative estimate of drug-likeness (QED) is 0.190. The SMILES string of the molecule is O=C(CCCc1nnc(-c2ccccc2)o1)Cn1c(CCCC(F)(F)F)nc(-c2ccc(C(F)(F)F)cc2)cc1=O. The van der Waals surface area contributed by atoms with E-state index in [2.05, 4.69) is 15.2 Å². The highest BCUT2D eigenvalue weighted by Gasteiger charge is 2.30. The van der Waals surface area contributed by atoms with Gasteiger partial charge in [-0.1, -0.05) is 30.3 Å². The molecule has 0 aliphatic rings. The Balaban J connectivity index is 1.46. The molecule has 0 aliphatic heterocycles. The van der Waals surface area contributed by atoms with Crippen molar-refractivity contribution in [3.8, 4) is 22.7 Å². The Bertz CT molecular complexity index is 1530. The molecule has 4 rings (SSSR count). The molecule has 0 radical (unpaired) electrons. The van der Waals surface area contributed by atoms with Crippen LogP contribution in [-0.2, 0) is 30.4 Å². The molecule has 0 saturated heterocycles. The molecule has 0 unspecified atom stereocenters. The number of nitrogens with zero attached hydrogens (tertiary/aromatic N) is 4. The fraction of sp³-hybridized carbons (Fsp3) is 0.321. The molecule has 0 amide bonds. The maximum atomic E-state index is 12.9. The van der Waals surface area contributed by atoms with Gasteiger partial charge in [-0.25, -0.2) is 4.98 Å². The van der Waals surface area contributed by atoms with Gasteiger partial charge in [0.25, 0.3) is 5.56 Å². The highest BCUT2D eigenvalue weighted by molar-refractivity contribution is 5.78. The number of ketones is 1. The standard InChI is InChI=1S/C28H24F6N4O3/c29-27(30,31)15-5-9-23-35-22(18-11-13-20(14-12-18)28(32,33)34)16-25(40)38(23)17-21(39)8-4-10-24-36-37-26(41-24)19-6-2-1-3-7-19/h1-3,6-7,11-14,16H,4-5,8-10,15,17H2. The number of alkyl halides is 6. The molecule has 13 heteroatoms. The first-order valence-electron chi connectivity index (χ1n) is 12.6. The molecular formula is C28H24F6N4O3. The van der Waals surface area contributed by atoms with Gasteiger partial charge in [0.05, 0.1) is 17.8 Å². The largest absolute Gasteiger partial charge is 0.421 e. The Hall–Kier alpha value is -4.29. The van der Waals surface area contributed by atoms with Crippen molar-refractivity contribution >= 4 is 5.78 Å². The topological polar surface area (TPSA) is 90.9 Å². The lowest BCUT2D eigenvalue weighted by Crippen LogP contribution is -2.28. The Labute approximate surface area is 229 Å². The summed E-state index contributed by atoms with van der Waals surface area (Å²) < 4.78 is 83.6. The smallest absolute Gasteiger partial charge is 0.416 e. The van der Waals surface area contributed by atoms with Gasteiger partial charge in [-0.2, -0.15) is 26.3 Å². The summed E-state index contributed by atoms with van der Waals surface area (Å²) in [4.78, 5) is 29.9. The van der Waals surface area contributed by atoms with E-state index in [9.17, 15) is 35.9 Å². The zero-order valence-corrected chi connectivity index (χ0v) is 21.5. The van der Waals surface area contributed by atoms with Crippen molar-refractivity contribution in [1.82, 2.24) is 19.7 Å². The first-order valence-corrected chi connectivity index (χ1v) is 12.6. The lowest BCUT2D eigenvalue weighted by atomic mass is 10.1. The van der Waals surface area contributed by atoms with Crippen LogP contribution in [0.3, 0.4) is 0 Å². The normalized spacial score (nSPS) is 12.0. The summed E-state index contributed by atoms with van der Waals surface area (Å²) in [7, 11) is 0. The van der Waals surface area contributed by atoms with E-state index in [1.165, 1.54) is 0 Å². The average molecular weight is 579 g/mol. The molecule has 0 N–H and O–H groups in total. The van der Waals surface area contributed by atoms with Crippen molar-refractivity contribution < 1.29 is 35.6 Å². The summed E-state index contributed by atoms with van der Waals surface area (Å²) in [5.74, 6) is 0.232. The molecule has 2 aromatic heterocycles. The molecular weight excluding hydrogens is 554 g/mol. The molecule has 0 aliphatic carbocycles. The van der Waals surface area contributed by atoms with Crippen LogP contribution in [0.5, 0.6) is 0 Å². The number of rotatable bonds is 11. The van der Waals surface area contributed by atoms with Crippen molar-refractivity contribution in [3.05, 3.63) is 88.3 Å². The fourth-order valence-electron chi connectivity index (χ4n) is 4.08. The Morgan fingerprint density at radius 2 is 1.56 bits per heavy atom. The van der Waals surface area contributed by atoms with Crippen molar-refractivity contribution in [2.75, 3.05) is 0 Å². The molecule has 4 aromatic rings. The van der Waals surface area contributed by atoms with Crippen LogP contribution in [0.25, 0.3) is 22.7 Å². The van der Waals surface area contributed by atoms with E-state index in [1.807, 2.05) is 30.3 Å². The molecule has 2 heterocycles. The second-order valence-corrected chi connectivity index (χ2v) is 9.29. The predicted molar refractivity (Wildman–Crippen MR) is 136 cm³/mol. The van der Waals surface area contributed by atoms with Gasteiger partial charge in [-0.3, -0.25) is 14.2 Å². The van der Waals surface area contributed by atoms with E-state index in [4.69, 9.17) is 4.42 Å². The van der Waals surface area contributed by atoms with Crippen LogP contribution in [0.4, 0.5) is 26.3 Å². The highest BCUT2D eigenvalue weighted by atomic mass is 19.4. The molecule has 41 heavy (non-hydrogen) atoms. The maximum absolute atomic E-state index is 12.9. The number of hydrogen-bond acceptors (Lipinski definition) is 6. The van der Waals surface area contributed by atoms with Gasteiger partial charge in [0, 0.05) is 42.9 Å². The Morgan fingerprint density at radius 1 is 0.854 bits per heavy atom. The van der Waals surface area contributed by atoms with E-state index < -0.39 is 36.4 Å². The lowest BCUT2D eigenvalue weighted by molar-refractivity contribution is -0.137. The van der Waals surface area contributed by atoms with Crippen molar-refractivity contribution in [3.63, 3.8) is 0 Å². The third-order valence-corrected chi connectivity index (χ3v) is 6.12. The number of benzene rings is 2. The second kappa shape index (κ2) is 12.5. The summed E-state index contributed by atoms with van der Waals surface area (Å²) in [5.41, 5.74) is -0.677. The minimum Gasteiger partial charge on any atom is -0.421 e. The molecule has 0 saturated carbocycles. The third kappa shape index (κ3) is 8.35. The average Bonchev–Trinajstić information content (AvgIpc) is 3.39. The molecule has 0 fully saturated rings. The van der Waals surface area contributed by atoms with Gasteiger partial charge in [-0.15, -0.1) is 10.2 Å². The number of halogens is 6.